The van der Waals surface area contributed by atoms with E-state index in [1.807, 2.05) is 0 Å². The van der Waals surface area contributed by atoms with E-state index in [1.165, 1.54) is 0 Å². The number of aliphatic carboxylic acids is 3. The van der Waals surface area contributed by atoms with E-state index < -0.39 is 36.4 Å². The van der Waals surface area contributed by atoms with Gasteiger partial charge < -0.3 is 27.3 Å². The monoisotopic (exact) mass is 462 g/mol. The molecule has 0 saturated heterocycles. The number of carboxylic acids is 3. The van der Waals surface area contributed by atoms with Crippen molar-refractivity contribution >= 4 is 44.1 Å². The number of aliphatic hydroxyl groups is 1. The zero-order valence-electron chi connectivity index (χ0n) is 9.63. The first-order valence-corrected chi connectivity index (χ1v) is 3.17. The van der Waals surface area contributed by atoms with Gasteiger partial charge in [-0.05, 0) is 0 Å². The number of rotatable bonds is 5. The van der Waals surface area contributed by atoms with Crippen LogP contribution in [0.2, 0.25) is 0 Å². The molecule has 0 atom stereocenters. The van der Waals surface area contributed by atoms with Gasteiger partial charge in [0, 0.05) is 0 Å². The van der Waals surface area contributed by atoms with E-state index in [2.05, 4.69) is 0 Å². The summed E-state index contributed by atoms with van der Waals surface area (Å²) in [5.41, 5.74) is -2.74. The van der Waals surface area contributed by atoms with Gasteiger partial charge in [-0.25, -0.2) is 4.79 Å². The molecule has 0 aromatic heterocycles. The molecule has 0 amide bonds. The molecule has 0 bridgehead atoms. The summed E-state index contributed by atoms with van der Waals surface area (Å²) in [6, 6.07) is 0. The van der Waals surface area contributed by atoms with Crippen molar-refractivity contribution in [2.75, 3.05) is 0 Å². The Kier molecular flexibility index (Phi) is 17.6. The molecule has 16 heavy (non-hydrogen) atoms. The second-order valence-corrected chi connectivity index (χ2v) is 2.48. The molecule has 0 radical (unpaired) electrons. The van der Waals surface area contributed by atoms with Crippen LogP contribution in [0.4, 0.5) is 0 Å². The van der Waals surface area contributed by atoms with E-state index >= 15 is 0 Å². The third kappa shape index (κ3) is 10.0. The fourth-order valence-electron chi connectivity index (χ4n) is 0.714. The Bertz CT molecular complexity index is 244. The third-order valence-electron chi connectivity index (χ3n) is 1.29. The van der Waals surface area contributed by atoms with Crippen molar-refractivity contribution in [1.82, 2.24) is 0 Å². The average Bonchev–Trinajstić information content (AvgIpc) is 1.82. The normalized spacial score (nSPS) is 8.81. The van der Waals surface area contributed by atoms with E-state index in [4.69, 9.17) is 20.4 Å². The quantitative estimate of drug-likeness (QED) is 0.296. The van der Waals surface area contributed by atoms with Crippen LogP contribution in [0.25, 0.3) is 0 Å². The van der Waals surface area contributed by atoms with Crippen molar-refractivity contribution in [3.63, 3.8) is 0 Å². The fourth-order valence-corrected chi connectivity index (χ4v) is 0.714. The first kappa shape index (κ1) is 25.6. The summed E-state index contributed by atoms with van der Waals surface area (Å²) >= 11 is 0. The molecule has 0 aromatic rings. The Morgan fingerprint density at radius 2 is 1.25 bits per heavy atom. The van der Waals surface area contributed by atoms with Crippen LogP contribution in [0, 0.1) is 0 Å². The zero-order chi connectivity index (χ0) is 10.6. The summed E-state index contributed by atoms with van der Waals surface area (Å²) in [4.78, 5) is 30.5. The number of carbonyl (C=O) groups is 3. The fraction of sp³-hybridized carbons (Fsp3) is 0.500. The minimum atomic E-state index is -2.74. The van der Waals surface area contributed by atoms with Crippen molar-refractivity contribution in [3.8, 4) is 0 Å². The smallest absolute Gasteiger partial charge is 1.00 e. The second-order valence-electron chi connectivity index (χ2n) is 2.48. The van der Waals surface area contributed by atoms with Crippen LogP contribution in [0.3, 0.4) is 0 Å². The maximum absolute atomic E-state index is 10.3. The van der Waals surface area contributed by atoms with E-state index in [0.29, 0.717) is 0 Å². The molecule has 0 spiro atoms. The Balaban J connectivity index is -0.000000120. The van der Waals surface area contributed by atoms with Gasteiger partial charge in [-0.1, -0.05) is 0 Å². The molecular weight excluding hydrogens is 448 g/mol. The Hall–Kier alpha value is 0.849. The predicted molar refractivity (Wildman–Crippen MR) is 51.8 cm³/mol. The molecular formula is C6H14BiKO8. The van der Waals surface area contributed by atoms with E-state index in [-0.39, 0.29) is 84.5 Å². The largest absolute Gasteiger partial charge is 1.00 e. The summed E-state index contributed by atoms with van der Waals surface area (Å²) in [7, 11) is 0. The van der Waals surface area contributed by atoms with Crippen LogP contribution >= 0.6 is 0 Å². The molecule has 0 aliphatic rings. The molecule has 0 saturated carbocycles. The summed E-state index contributed by atoms with van der Waals surface area (Å²) in [5.74, 6) is -5.02. The van der Waals surface area contributed by atoms with E-state index in [1.54, 1.807) is 0 Å². The van der Waals surface area contributed by atoms with Crippen LogP contribution in [-0.2, 0) is 14.4 Å². The van der Waals surface area contributed by atoms with Crippen LogP contribution in [0.1, 0.15) is 14.3 Å². The molecule has 0 aromatic carbocycles. The van der Waals surface area contributed by atoms with Crippen LogP contribution in [-0.4, -0.2) is 75.6 Å². The van der Waals surface area contributed by atoms with E-state index in [0.717, 1.165) is 0 Å². The summed E-state index contributed by atoms with van der Waals surface area (Å²) in [5, 5.41) is 33.8. The molecule has 0 rings (SSSR count). The van der Waals surface area contributed by atoms with Gasteiger partial charge in [-0.2, -0.15) is 0 Å². The Morgan fingerprint density at radius 1 is 1.00 bits per heavy atom. The van der Waals surface area contributed by atoms with Crippen molar-refractivity contribution in [2.24, 2.45) is 0 Å². The second kappa shape index (κ2) is 11.0. The van der Waals surface area contributed by atoms with Crippen molar-refractivity contribution in [2.45, 2.75) is 18.4 Å². The van der Waals surface area contributed by atoms with Crippen LogP contribution in [0.5, 0.6) is 0 Å². The Labute approximate surface area is 153 Å². The molecule has 10 heteroatoms. The van der Waals surface area contributed by atoms with Gasteiger partial charge in [-0.3, -0.25) is 9.59 Å². The van der Waals surface area contributed by atoms with Gasteiger partial charge in [0.15, 0.2) is 5.60 Å². The molecule has 0 aliphatic heterocycles. The number of carboxylic acid groups (broad SMARTS) is 3. The van der Waals surface area contributed by atoms with E-state index in [9.17, 15) is 14.4 Å². The first-order chi connectivity index (χ1) is 5.78. The SMILES string of the molecule is O.O=C(O)CC(O)(CC(=O)O)C(=O)O.[BiH3].[H-].[K+]. The van der Waals surface area contributed by atoms with Crippen molar-refractivity contribution in [1.29, 1.82) is 0 Å². The van der Waals surface area contributed by atoms with Gasteiger partial charge in [-0.15, -0.1) is 0 Å². The average molecular weight is 462 g/mol. The molecule has 0 heterocycles. The standard InChI is InChI=1S/C6H8O7.Bi.K.H2O.4H/c7-3(8)1-6(13,5(11)12)2-4(9)10;;;;;;;/h13H,1-2H2,(H,7,8)(H,9,10)(H,11,12);;;1H2;;;;/q;;+1;;;;;-1. The van der Waals surface area contributed by atoms with Gasteiger partial charge in [0.25, 0.3) is 0 Å². The Morgan fingerprint density at radius 3 is 1.38 bits per heavy atom. The summed E-state index contributed by atoms with van der Waals surface area (Å²) in [6.45, 7) is 0. The molecule has 0 aliphatic carbocycles. The predicted octanol–water partition coefficient (Wildman–Crippen LogP) is -6.14. The molecule has 92 valence electrons. The topological polar surface area (TPSA) is 164 Å². The molecule has 0 fully saturated rings. The minimum absolute atomic E-state index is 0. The first-order valence-electron chi connectivity index (χ1n) is 3.17. The maximum atomic E-state index is 10.3. The van der Waals surface area contributed by atoms with Gasteiger partial charge in [0.05, 0.1) is 12.8 Å². The summed E-state index contributed by atoms with van der Waals surface area (Å²) < 4.78 is 0. The molecule has 0 unspecified atom stereocenters. The number of hydrogen-bond donors (Lipinski definition) is 4. The van der Waals surface area contributed by atoms with Crippen LogP contribution in [0.15, 0.2) is 0 Å². The van der Waals surface area contributed by atoms with Gasteiger partial charge in [0.1, 0.15) is 0 Å². The number of hydrogen-bond acceptors (Lipinski definition) is 4. The zero-order valence-corrected chi connectivity index (χ0v) is 17.3. The maximum Gasteiger partial charge on any atom is 1.00 e. The van der Waals surface area contributed by atoms with Gasteiger partial charge >= 0.3 is 95.5 Å². The molecule has 8 nitrogen and oxygen atoms in total. The van der Waals surface area contributed by atoms with Gasteiger partial charge in [0.2, 0.25) is 0 Å². The van der Waals surface area contributed by atoms with Crippen molar-refractivity contribution in [3.05, 3.63) is 0 Å². The third-order valence-corrected chi connectivity index (χ3v) is 1.29. The minimum Gasteiger partial charge on any atom is -1.00 e. The summed E-state index contributed by atoms with van der Waals surface area (Å²) in [6.07, 6.45) is -2.29. The molecule has 6 N–H and O–H groups in total. The van der Waals surface area contributed by atoms with Crippen LogP contribution < -0.4 is 51.4 Å². The van der Waals surface area contributed by atoms with Crippen molar-refractivity contribution < 1.29 is 93.1 Å².